The van der Waals surface area contributed by atoms with Gasteiger partial charge in [0.2, 0.25) is 0 Å². The Balaban J connectivity index is 1.36. The molecule has 1 aliphatic carbocycles. The first-order valence-corrected chi connectivity index (χ1v) is 7.84. The molecule has 112 valence electrons. The van der Waals surface area contributed by atoms with Crippen molar-refractivity contribution in [3.05, 3.63) is 23.9 Å². The Bertz CT molecular complexity index is 537. The van der Waals surface area contributed by atoms with Crippen LogP contribution in [0.5, 0.6) is 0 Å². The van der Waals surface area contributed by atoms with Crippen LogP contribution in [0.4, 0.5) is 10.6 Å². The highest BCUT2D eigenvalue weighted by Crippen LogP contribution is 2.46. The van der Waals surface area contributed by atoms with E-state index in [2.05, 4.69) is 22.0 Å². The van der Waals surface area contributed by atoms with Crippen LogP contribution in [0.3, 0.4) is 0 Å². The van der Waals surface area contributed by atoms with Crippen LogP contribution in [0.25, 0.3) is 0 Å². The monoisotopic (exact) mass is 287 g/mol. The van der Waals surface area contributed by atoms with Crippen LogP contribution in [0.2, 0.25) is 0 Å². The van der Waals surface area contributed by atoms with E-state index in [1.54, 1.807) is 0 Å². The van der Waals surface area contributed by atoms with Crippen molar-refractivity contribution in [2.75, 3.05) is 31.1 Å². The van der Waals surface area contributed by atoms with Crippen LogP contribution in [0.15, 0.2) is 18.3 Å². The number of amides is 1. The third kappa shape index (κ3) is 2.15. The van der Waals surface area contributed by atoms with Gasteiger partial charge in [-0.25, -0.2) is 9.78 Å². The number of hydrogen-bond acceptors (Lipinski definition) is 3. The summed E-state index contributed by atoms with van der Waals surface area (Å²) in [4.78, 5) is 19.2. The lowest BCUT2D eigenvalue weighted by molar-refractivity contribution is 0.105. The fraction of sp³-hybridized carbons (Fsp3) is 0.625. The van der Waals surface area contributed by atoms with Crippen LogP contribution in [-0.4, -0.2) is 47.3 Å². The van der Waals surface area contributed by atoms with Crippen molar-refractivity contribution in [3.63, 3.8) is 0 Å². The molecule has 1 spiro atoms. The quantitative estimate of drug-likeness (QED) is 0.908. The van der Waals surface area contributed by atoms with Crippen LogP contribution in [-0.2, 0) is 0 Å². The van der Waals surface area contributed by atoms with Crippen molar-refractivity contribution in [3.8, 4) is 0 Å². The summed E-state index contributed by atoms with van der Waals surface area (Å²) in [7, 11) is 0. The molecule has 0 atom stereocenters. The van der Waals surface area contributed by atoms with Gasteiger partial charge in [0.1, 0.15) is 5.82 Å². The van der Waals surface area contributed by atoms with Crippen molar-refractivity contribution >= 4 is 11.9 Å². The van der Waals surface area contributed by atoms with E-state index in [0.717, 1.165) is 24.5 Å². The highest BCUT2D eigenvalue weighted by Gasteiger charge is 2.45. The number of anilines is 1. The number of pyridine rings is 1. The van der Waals surface area contributed by atoms with Gasteiger partial charge in [-0.05, 0) is 24.5 Å². The minimum Gasteiger partial charge on any atom is -0.465 e. The lowest BCUT2D eigenvalue weighted by Crippen LogP contribution is -2.55. The lowest BCUT2D eigenvalue weighted by atomic mass is 9.78. The molecule has 2 saturated heterocycles. The van der Waals surface area contributed by atoms with E-state index in [1.165, 1.54) is 30.6 Å². The Kier molecular flexibility index (Phi) is 2.84. The van der Waals surface area contributed by atoms with Gasteiger partial charge in [0.25, 0.3) is 0 Å². The molecule has 1 amide bonds. The van der Waals surface area contributed by atoms with Gasteiger partial charge >= 0.3 is 6.09 Å². The van der Waals surface area contributed by atoms with Crippen molar-refractivity contribution in [2.24, 2.45) is 5.41 Å². The highest BCUT2D eigenvalue weighted by atomic mass is 16.4. The van der Waals surface area contributed by atoms with E-state index in [4.69, 9.17) is 5.11 Å². The summed E-state index contributed by atoms with van der Waals surface area (Å²) in [6.45, 7) is 3.53. The van der Waals surface area contributed by atoms with E-state index in [9.17, 15) is 4.79 Å². The second-order valence-corrected chi connectivity index (χ2v) is 6.90. The zero-order valence-corrected chi connectivity index (χ0v) is 12.2. The number of carbonyl (C=O) groups is 1. The molecule has 3 fully saturated rings. The van der Waals surface area contributed by atoms with Crippen molar-refractivity contribution in [2.45, 2.75) is 31.6 Å². The first kappa shape index (κ1) is 12.9. The van der Waals surface area contributed by atoms with Crippen LogP contribution < -0.4 is 4.90 Å². The zero-order valence-electron chi connectivity index (χ0n) is 12.2. The molecule has 4 rings (SSSR count). The number of likely N-dealkylation sites (tertiary alicyclic amines) is 1. The molecular formula is C16H21N3O2. The number of rotatable bonds is 2. The molecule has 5 heteroatoms. The molecule has 3 heterocycles. The van der Waals surface area contributed by atoms with Gasteiger partial charge in [0, 0.05) is 43.7 Å². The predicted molar refractivity (Wildman–Crippen MR) is 79.7 cm³/mol. The van der Waals surface area contributed by atoms with E-state index < -0.39 is 6.09 Å². The van der Waals surface area contributed by atoms with Crippen molar-refractivity contribution in [1.29, 1.82) is 0 Å². The molecule has 5 nitrogen and oxygen atoms in total. The largest absolute Gasteiger partial charge is 0.465 e. The summed E-state index contributed by atoms with van der Waals surface area (Å²) in [6, 6.07) is 4.21. The number of nitrogens with zero attached hydrogens (tertiary/aromatic N) is 3. The average molecular weight is 287 g/mol. The van der Waals surface area contributed by atoms with Gasteiger partial charge in [-0.15, -0.1) is 0 Å². The molecule has 3 aliphatic rings. The Hall–Kier alpha value is -1.78. The van der Waals surface area contributed by atoms with Crippen molar-refractivity contribution in [1.82, 2.24) is 9.88 Å². The fourth-order valence-electron chi connectivity index (χ4n) is 4.04. The molecule has 21 heavy (non-hydrogen) atoms. The molecule has 1 saturated carbocycles. The molecule has 1 aromatic heterocycles. The Morgan fingerprint density at radius 1 is 1.24 bits per heavy atom. The maximum atomic E-state index is 10.8. The van der Waals surface area contributed by atoms with Crippen LogP contribution in [0, 0.1) is 5.41 Å². The van der Waals surface area contributed by atoms with E-state index in [0.29, 0.717) is 24.4 Å². The number of carboxylic acid groups (broad SMARTS) is 1. The summed E-state index contributed by atoms with van der Waals surface area (Å²) in [5.74, 6) is 1.39. The first-order valence-electron chi connectivity index (χ1n) is 7.84. The summed E-state index contributed by atoms with van der Waals surface area (Å²) in [6.07, 6.45) is 6.66. The minimum absolute atomic E-state index is 0.320. The van der Waals surface area contributed by atoms with E-state index >= 15 is 0 Å². The standard InChI is InChI=1S/C16H21N3O2/c20-15(21)18-8-13(9-18)12-3-4-14(17-7-12)19-10-16(11-19)5-1-2-6-16/h3-4,7,13H,1-2,5-6,8-11H2,(H,20,21). The van der Waals surface area contributed by atoms with Gasteiger partial charge in [-0.3, -0.25) is 0 Å². The molecule has 0 radical (unpaired) electrons. The molecule has 0 unspecified atom stereocenters. The van der Waals surface area contributed by atoms with Gasteiger partial charge in [0.05, 0.1) is 0 Å². The van der Waals surface area contributed by atoms with E-state index in [1.807, 2.05) is 6.20 Å². The molecule has 1 aromatic rings. The highest BCUT2D eigenvalue weighted by molar-refractivity contribution is 5.66. The predicted octanol–water partition coefficient (Wildman–Crippen LogP) is 2.54. The maximum absolute atomic E-state index is 10.8. The molecule has 2 aliphatic heterocycles. The van der Waals surface area contributed by atoms with E-state index in [-0.39, 0.29) is 0 Å². The second kappa shape index (κ2) is 4.61. The zero-order chi connectivity index (χ0) is 14.4. The second-order valence-electron chi connectivity index (χ2n) is 6.90. The van der Waals surface area contributed by atoms with Crippen LogP contribution in [0.1, 0.15) is 37.2 Å². The molecule has 1 N–H and O–H groups in total. The topological polar surface area (TPSA) is 56.7 Å². The number of aromatic nitrogens is 1. The SMILES string of the molecule is O=C(O)N1CC(c2ccc(N3CC4(CCCC4)C3)nc2)C1. The Labute approximate surface area is 124 Å². The number of hydrogen-bond donors (Lipinski definition) is 1. The summed E-state index contributed by atoms with van der Waals surface area (Å²) >= 11 is 0. The molecular weight excluding hydrogens is 266 g/mol. The molecule has 0 aromatic carbocycles. The Morgan fingerprint density at radius 3 is 2.52 bits per heavy atom. The minimum atomic E-state index is -0.821. The summed E-state index contributed by atoms with van der Waals surface area (Å²) in [5.41, 5.74) is 1.75. The average Bonchev–Trinajstić information content (AvgIpc) is 2.85. The summed E-state index contributed by atoms with van der Waals surface area (Å²) in [5, 5.41) is 8.86. The van der Waals surface area contributed by atoms with Gasteiger partial charge in [0.15, 0.2) is 0 Å². The van der Waals surface area contributed by atoms with Crippen molar-refractivity contribution < 1.29 is 9.90 Å². The fourth-order valence-corrected chi connectivity index (χ4v) is 4.04. The lowest BCUT2D eigenvalue weighted by Gasteiger charge is -2.49. The smallest absolute Gasteiger partial charge is 0.407 e. The Morgan fingerprint density at radius 2 is 1.95 bits per heavy atom. The molecule has 0 bridgehead atoms. The van der Waals surface area contributed by atoms with Crippen LogP contribution >= 0.6 is 0 Å². The normalized spacial score (nSPS) is 24.0. The first-order chi connectivity index (χ1) is 10.2. The third-order valence-electron chi connectivity index (χ3n) is 5.43. The maximum Gasteiger partial charge on any atom is 0.407 e. The van der Waals surface area contributed by atoms with Gasteiger partial charge < -0.3 is 14.9 Å². The van der Waals surface area contributed by atoms with Gasteiger partial charge in [-0.2, -0.15) is 0 Å². The summed E-state index contributed by atoms with van der Waals surface area (Å²) < 4.78 is 0. The third-order valence-corrected chi connectivity index (χ3v) is 5.43. The van der Waals surface area contributed by atoms with Gasteiger partial charge in [-0.1, -0.05) is 18.9 Å².